The van der Waals surface area contributed by atoms with Gasteiger partial charge >= 0.3 is 0 Å². The number of likely N-dealkylation sites (N-methyl/N-ethyl adjacent to an activating group) is 1. The molecule has 0 spiro atoms. The van der Waals surface area contributed by atoms with Gasteiger partial charge in [0.2, 0.25) is 5.91 Å². The number of amides is 1. The van der Waals surface area contributed by atoms with Crippen LogP contribution in [0.5, 0.6) is 0 Å². The number of nitrogens with zero attached hydrogens (tertiary/aromatic N) is 1. The van der Waals surface area contributed by atoms with Crippen LogP contribution in [0.1, 0.15) is 41.6 Å². The van der Waals surface area contributed by atoms with Gasteiger partial charge in [-0.15, -0.1) is 0 Å². The van der Waals surface area contributed by atoms with Crippen molar-refractivity contribution in [2.45, 2.75) is 46.5 Å². The highest BCUT2D eigenvalue weighted by Gasteiger charge is 2.38. The molecule has 1 heterocycles. The standard InChI is InChI=1S/C20H28N2O2/c1-13-6-7-14(2)19-18(13)16(15(3)21-19)10-17(24)22(4)11-20(12-23)8-5-9-20/h6-7,21,23H,5,8-12H2,1-4H3. The molecule has 0 saturated heterocycles. The van der Waals surface area contributed by atoms with Crippen molar-refractivity contribution in [3.63, 3.8) is 0 Å². The minimum atomic E-state index is -0.0633. The summed E-state index contributed by atoms with van der Waals surface area (Å²) in [7, 11) is 1.86. The Balaban J connectivity index is 1.83. The van der Waals surface area contributed by atoms with Gasteiger partial charge in [-0.1, -0.05) is 18.6 Å². The first-order valence-electron chi connectivity index (χ1n) is 8.79. The van der Waals surface area contributed by atoms with Gasteiger partial charge in [-0.2, -0.15) is 0 Å². The molecule has 1 amide bonds. The number of aryl methyl sites for hydroxylation is 3. The van der Waals surface area contributed by atoms with Crippen molar-refractivity contribution in [1.82, 2.24) is 9.88 Å². The Morgan fingerprint density at radius 3 is 2.50 bits per heavy atom. The van der Waals surface area contributed by atoms with Gasteiger partial charge in [0, 0.05) is 35.6 Å². The van der Waals surface area contributed by atoms with Gasteiger partial charge in [0.05, 0.1) is 13.0 Å². The number of aromatic nitrogens is 1. The zero-order valence-electron chi connectivity index (χ0n) is 15.2. The number of benzene rings is 1. The molecule has 1 aromatic carbocycles. The molecule has 1 fully saturated rings. The SMILES string of the molecule is Cc1[nH]c2c(C)ccc(C)c2c1CC(=O)N(C)CC1(CO)CCC1. The maximum Gasteiger partial charge on any atom is 0.226 e. The highest BCUT2D eigenvalue weighted by molar-refractivity contribution is 5.93. The molecule has 0 unspecified atom stereocenters. The van der Waals surface area contributed by atoms with E-state index in [1.54, 1.807) is 4.90 Å². The van der Waals surface area contributed by atoms with E-state index in [1.807, 2.05) is 14.0 Å². The second-order valence-corrected chi connectivity index (χ2v) is 7.62. The lowest BCUT2D eigenvalue weighted by Crippen LogP contribution is -2.45. The summed E-state index contributed by atoms with van der Waals surface area (Å²) in [5.41, 5.74) is 5.67. The average molecular weight is 328 g/mol. The lowest BCUT2D eigenvalue weighted by Gasteiger charge is -2.42. The van der Waals surface area contributed by atoms with E-state index in [2.05, 4.69) is 31.0 Å². The van der Waals surface area contributed by atoms with Crippen molar-refractivity contribution >= 4 is 16.8 Å². The van der Waals surface area contributed by atoms with E-state index in [1.165, 1.54) is 16.5 Å². The molecule has 1 aromatic heterocycles. The molecule has 2 aromatic rings. The van der Waals surface area contributed by atoms with Gasteiger partial charge in [0.25, 0.3) is 0 Å². The lowest BCUT2D eigenvalue weighted by molar-refractivity contribution is -0.132. The van der Waals surface area contributed by atoms with E-state index in [9.17, 15) is 9.90 Å². The largest absolute Gasteiger partial charge is 0.396 e. The van der Waals surface area contributed by atoms with Crippen LogP contribution in [0.25, 0.3) is 10.9 Å². The lowest BCUT2D eigenvalue weighted by atomic mass is 9.69. The van der Waals surface area contributed by atoms with Gasteiger partial charge in [0.15, 0.2) is 0 Å². The van der Waals surface area contributed by atoms with Crippen LogP contribution < -0.4 is 0 Å². The fourth-order valence-corrected chi connectivity index (χ4v) is 3.95. The van der Waals surface area contributed by atoms with Crippen LogP contribution in [0.2, 0.25) is 0 Å². The molecule has 2 N–H and O–H groups in total. The quantitative estimate of drug-likeness (QED) is 0.885. The van der Waals surface area contributed by atoms with Gasteiger partial charge in [-0.25, -0.2) is 0 Å². The Hall–Kier alpha value is -1.81. The van der Waals surface area contributed by atoms with Crippen molar-refractivity contribution in [3.05, 3.63) is 34.5 Å². The first-order valence-corrected chi connectivity index (χ1v) is 8.79. The summed E-state index contributed by atoms with van der Waals surface area (Å²) in [5, 5.41) is 10.8. The van der Waals surface area contributed by atoms with Crippen LogP contribution in [0.4, 0.5) is 0 Å². The number of carbonyl (C=O) groups excluding carboxylic acids is 1. The molecule has 1 aliphatic carbocycles. The molecule has 0 bridgehead atoms. The second-order valence-electron chi connectivity index (χ2n) is 7.62. The van der Waals surface area contributed by atoms with Crippen molar-refractivity contribution < 1.29 is 9.90 Å². The Labute approximate surface area is 143 Å². The highest BCUT2D eigenvalue weighted by Crippen LogP contribution is 2.41. The Kier molecular flexibility index (Phi) is 4.43. The fraction of sp³-hybridized carbons (Fsp3) is 0.550. The molecule has 3 rings (SSSR count). The maximum absolute atomic E-state index is 12.8. The first kappa shape index (κ1) is 17.0. The third-order valence-electron chi connectivity index (χ3n) is 5.76. The van der Waals surface area contributed by atoms with Crippen molar-refractivity contribution in [2.24, 2.45) is 5.41 Å². The predicted octanol–water partition coefficient (Wildman–Crippen LogP) is 3.26. The summed E-state index contributed by atoms with van der Waals surface area (Å²) in [6.45, 7) is 7.07. The van der Waals surface area contributed by atoms with Gasteiger partial charge in [-0.05, 0) is 50.3 Å². The third kappa shape index (κ3) is 2.84. The van der Waals surface area contributed by atoms with Crippen LogP contribution >= 0.6 is 0 Å². The number of fused-ring (bicyclic) bond motifs is 1. The van der Waals surface area contributed by atoms with Crippen LogP contribution in [0, 0.1) is 26.2 Å². The van der Waals surface area contributed by atoms with E-state index in [0.29, 0.717) is 13.0 Å². The molecule has 1 aliphatic rings. The van der Waals surface area contributed by atoms with E-state index in [4.69, 9.17) is 0 Å². The number of nitrogens with one attached hydrogen (secondary N) is 1. The molecule has 0 aliphatic heterocycles. The average Bonchev–Trinajstić information content (AvgIpc) is 2.84. The number of hydrogen-bond donors (Lipinski definition) is 2. The topological polar surface area (TPSA) is 56.3 Å². The normalized spacial score (nSPS) is 16.2. The fourth-order valence-electron chi connectivity index (χ4n) is 3.95. The summed E-state index contributed by atoms with van der Waals surface area (Å²) in [5.74, 6) is 0.125. The first-order chi connectivity index (χ1) is 11.4. The van der Waals surface area contributed by atoms with E-state index >= 15 is 0 Å². The Morgan fingerprint density at radius 1 is 1.25 bits per heavy atom. The van der Waals surface area contributed by atoms with Crippen LogP contribution in [0.15, 0.2) is 12.1 Å². The number of H-pyrrole nitrogens is 1. The smallest absolute Gasteiger partial charge is 0.226 e. The Morgan fingerprint density at radius 2 is 1.92 bits per heavy atom. The molecule has 24 heavy (non-hydrogen) atoms. The number of hydrogen-bond acceptors (Lipinski definition) is 2. The van der Waals surface area contributed by atoms with Gasteiger partial charge in [-0.3, -0.25) is 4.79 Å². The second kappa shape index (κ2) is 6.25. The summed E-state index contributed by atoms with van der Waals surface area (Å²) in [6, 6.07) is 4.24. The minimum absolute atomic E-state index is 0.0633. The number of aromatic amines is 1. The number of rotatable bonds is 5. The molecule has 1 saturated carbocycles. The van der Waals surface area contributed by atoms with Gasteiger partial charge < -0.3 is 15.0 Å². The Bertz CT molecular complexity index is 766. The minimum Gasteiger partial charge on any atom is -0.396 e. The summed E-state index contributed by atoms with van der Waals surface area (Å²) in [6.07, 6.45) is 3.60. The molecule has 4 nitrogen and oxygen atoms in total. The van der Waals surface area contributed by atoms with Crippen molar-refractivity contribution in [3.8, 4) is 0 Å². The predicted molar refractivity (Wildman–Crippen MR) is 97.2 cm³/mol. The molecule has 130 valence electrons. The zero-order valence-corrected chi connectivity index (χ0v) is 15.2. The molecule has 0 atom stereocenters. The molecular formula is C20H28N2O2. The van der Waals surface area contributed by atoms with Crippen LogP contribution in [-0.2, 0) is 11.2 Å². The number of aliphatic hydroxyl groups excluding tert-OH is 1. The van der Waals surface area contributed by atoms with E-state index in [0.717, 1.165) is 36.0 Å². The van der Waals surface area contributed by atoms with Crippen LogP contribution in [-0.4, -0.2) is 41.1 Å². The molecule has 0 radical (unpaired) electrons. The van der Waals surface area contributed by atoms with E-state index in [-0.39, 0.29) is 17.9 Å². The molecule has 4 heteroatoms. The van der Waals surface area contributed by atoms with Crippen LogP contribution in [0.3, 0.4) is 0 Å². The summed E-state index contributed by atoms with van der Waals surface area (Å²) in [4.78, 5) is 18.0. The summed E-state index contributed by atoms with van der Waals surface area (Å²) >= 11 is 0. The number of carbonyl (C=O) groups is 1. The summed E-state index contributed by atoms with van der Waals surface area (Å²) < 4.78 is 0. The zero-order chi connectivity index (χ0) is 17.5. The van der Waals surface area contributed by atoms with Gasteiger partial charge in [0.1, 0.15) is 0 Å². The highest BCUT2D eigenvalue weighted by atomic mass is 16.3. The van der Waals surface area contributed by atoms with Crippen molar-refractivity contribution in [1.29, 1.82) is 0 Å². The molecular weight excluding hydrogens is 300 g/mol. The maximum atomic E-state index is 12.8. The third-order valence-corrected chi connectivity index (χ3v) is 5.76. The monoisotopic (exact) mass is 328 g/mol. The number of aliphatic hydroxyl groups is 1. The van der Waals surface area contributed by atoms with E-state index < -0.39 is 0 Å². The van der Waals surface area contributed by atoms with Crippen molar-refractivity contribution in [2.75, 3.05) is 20.2 Å².